The Morgan fingerprint density at radius 1 is 1.05 bits per heavy atom. The zero-order chi connectivity index (χ0) is 14.4. The summed E-state index contributed by atoms with van der Waals surface area (Å²) in [7, 11) is 0. The van der Waals surface area contributed by atoms with Gasteiger partial charge in [0.05, 0.1) is 5.02 Å². The van der Waals surface area contributed by atoms with Gasteiger partial charge in [-0.05, 0) is 42.8 Å². The molecule has 1 N–H and O–H groups in total. The van der Waals surface area contributed by atoms with E-state index >= 15 is 0 Å². The molecular formula is C17H20ClNS. The molecule has 1 atom stereocenters. The van der Waals surface area contributed by atoms with E-state index < -0.39 is 0 Å². The van der Waals surface area contributed by atoms with Crippen LogP contribution in [0.2, 0.25) is 5.02 Å². The van der Waals surface area contributed by atoms with Crippen molar-refractivity contribution in [2.45, 2.75) is 36.1 Å². The number of rotatable bonds is 6. The first kappa shape index (κ1) is 15.4. The van der Waals surface area contributed by atoms with Crippen LogP contribution in [0.5, 0.6) is 0 Å². The Morgan fingerprint density at radius 2 is 1.75 bits per heavy atom. The van der Waals surface area contributed by atoms with E-state index in [0.717, 1.165) is 22.9 Å². The van der Waals surface area contributed by atoms with E-state index in [1.54, 1.807) is 11.8 Å². The smallest absolute Gasteiger partial charge is 0.0545 e. The molecule has 0 radical (unpaired) electrons. The van der Waals surface area contributed by atoms with Gasteiger partial charge in [-0.1, -0.05) is 61.5 Å². The third kappa shape index (κ3) is 4.02. The Morgan fingerprint density at radius 3 is 2.35 bits per heavy atom. The quantitative estimate of drug-likeness (QED) is 0.750. The molecule has 1 nitrogen and oxygen atoms in total. The number of halogens is 1. The molecule has 2 rings (SSSR count). The van der Waals surface area contributed by atoms with E-state index in [-0.39, 0.29) is 0 Å². The molecule has 0 heterocycles. The van der Waals surface area contributed by atoms with Crippen molar-refractivity contribution in [2.75, 3.05) is 6.54 Å². The highest BCUT2D eigenvalue weighted by molar-refractivity contribution is 7.99. The second-order valence-electron chi connectivity index (χ2n) is 4.62. The normalized spacial score (nSPS) is 12.3. The average molecular weight is 306 g/mol. The summed E-state index contributed by atoms with van der Waals surface area (Å²) in [6, 6.07) is 17.1. The Kier molecular flexibility index (Phi) is 5.96. The summed E-state index contributed by atoms with van der Waals surface area (Å²) in [6.45, 7) is 5.35. The van der Waals surface area contributed by atoms with Crippen LogP contribution in [0.1, 0.15) is 31.9 Å². The highest BCUT2D eigenvalue weighted by atomic mass is 35.5. The molecule has 0 aliphatic heterocycles. The topological polar surface area (TPSA) is 12.0 Å². The van der Waals surface area contributed by atoms with Gasteiger partial charge >= 0.3 is 0 Å². The molecule has 0 saturated carbocycles. The molecule has 106 valence electrons. The minimum Gasteiger partial charge on any atom is -0.310 e. The largest absolute Gasteiger partial charge is 0.310 e. The lowest BCUT2D eigenvalue weighted by molar-refractivity contribution is 0.537. The van der Waals surface area contributed by atoms with Gasteiger partial charge in [0.15, 0.2) is 0 Å². The molecule has 0 aromatic heterocycles. The van der Waals surface area contributed by atoms with Crippen LogP contribution in [0.3, 0.4) is 0 Å². The van der Waals surface area contributed by atoms with Crippen LogP contribution in [0.4, 0.5) is 0 Å². The van der Waals surface area contributed by atoms with Crippen molar-refractivity contribution in [1.29, 1.82) is 0 Å². The van der Waals surface area contributed by atoms with Gasteiger partial charge in [0.1, 0.15) is 0 Å². The zero-order valence-electron chi connectivity index (χ0n) is 11.9. The van der Waals surface area contributed by atoms with E-state index in [1.165, 1.54) is 10.5 Å². The first-order valence-corrected chi connectivity index (χ1v) is 8.19. The first-order valence-electron chi connectivity index (χ1n) is 7.00. The van der Waals surface area contributed by atoms with Crippen molar-refractivity contribution < 1.29 is 0 Å². The zero-order valence-corrected chi connectivity index (χ0v) is 13.5. The molecule has 0 fully saturated rings. The monoisotopic (exact) mass is 305 g/mol. The average Bonchev–Trinajstić information content (AvgIpc) is 2.48. The Bertz CT molecular complexity index is 539. The summed E-state index contributed by atoms with van der Waals surface area (Å²) in [5.74, 6) is 0. The molecule has 20 heavy (non-hydrogen) atoms. The van der Waals surface area contributed by atoms with Crippen LogP contribution in [0, 0.1) is 0 Å². The van der Waals surface area contributed by atoms with Gasteiger partial charge in [0.2, 0.25) is 0 Å². The number of hydrogen-bond donors (Lipinski definition) is 1. The molecule has 0 spiro atoms. The fourth-order valence-electron chi connectivity index (χ4n) is 2.17. The lowest BCUT2D eigenvalue weighted by Crippen LogP contribution is -2.19. The summed E-state index contributed by atoms with van der Waals surface area (Å²) in [4.78, 5) is 2.31. The van der Waals surface area contributed by atoms with Crippen LogP contribution in [0.25, 0.3) is 0 Å². The predicted molar refractivity (Wildman–Crippen MR) is 88.7 cm³/mol. The van der Waals surface area contributed by atoms with Gasteiger partial charge in [0, 0.05) is 15.8 Å². The molecule has 1 unspecified atom stereocenters. The third-order valence-electron chi connectivity index (χ3n) is 3.21. The summed E-state index contributed by atoms with van der Waals surface area (Å²) in [5, 5.41) is 4.31. The van der Waals surface area contributed by atoms with E-state index in [2.05, 4.69) is 43.4 Å². The van der Waals surface area contributed by atoms with E-state index in [9.17, 15) is 0 Å². The van der Waals surface area contributed by atoms with Crippen LogP contribution in [-0.2, 0) is 0 Å². The molecule has 0 aliphatic rings. The van der Waals surface area contributed by atoms with Crippen LogP contribution < -0.4 is 5.32 Å². The fraction of sp³-hybridized carbons (Fsp3) is 0.294. The molecule has 0 amide bonds. The first-order chi connectivity index (χ1) is 9.74. The van der Waals surface area contributed by atoms with Gasteiger partial charge < -0.3 is 5.32 Å². The van der Waals surface area contributed by atoms with E-state index in [1.807, 2.05) is 24.3 Å². The number of nitrogens with one attached hydrogen (secondary N) is 1. The summed E-state index contributed by atoms with van der Waals surface area (Å²) in [5.41, 5.74) is 1.35. The molecule has 3 heteroatoms. The molecule has 2 aromatic carbocycles. The predicted octanol–water partition coefficient (Wildman–Crippen LogP) is 5.55. The fourth-order valence-corrected chi connectivity index (χ4v) is 3.26. The van der Waals surface area contributed by atoms with Crippen molar-refractivity contribution >= 4 is 23.4 Å². The van der Waals surface area contributed by atoms with Crippen molar-refractivity contribution in [3.8, 4) is 0 Å². The third-order valence-corrected chi connectivity index (χ3v) is 4.73. The Balaban J connectivity index is 2.10. The molecule has 0 bridgehead atoms. The van der Waals surface area contributed by atoms with Crippen LogP contribution in [-0.4, -0.2) is 6.54 Å². The standard InChI is InChI=1S/C17H20ClNS/c1-3-16(19-4-2)13-9-11-14(12-10-13)20-17-8-6-5-7-15(17)18/h5-12,16,19H,3-4H2,1-2H3. The van der Waals surface area contributed by atoms with Gasteiger partial charge in [0.25, 0.3) is 0 Å². The molecular weight excluding hydrogens is 286 g/mol. The number of benzene rings is 2. The van der Waals surface area contributed by atoms with Gasteiger partial charge in [-0.2, -0.15) is 0 Å². The summed E-state index contributed by atoms with van der Waals surface area (Å²) in [6.07, 6.45) is 1.10. The summed E-state index contributed by atoms with van der Waals surface area (Å²) < 4.78 is 0. The SMILES string of the molecule is CCNC(CC)c1ccc(Sc2ccccc2Cl)cc1. The Labute approximate surface area is 130 Å². The van der Waals surface area contributed by atoms with Gasteiger partial charge in [-0.15, -0.1) is 0 Å². The highest BCUT2D eigenvalue weighted by Crippen LogP contribution is 2.33. The van der Waals surface area contributed by atoms with Gasteiger partial charge in [-0.25, -0.2) is 0 Å². The van der Waals surface area contributed by atoms with Crippen molar-refractivity contribution in [3.63, 3.8) is 0 Å². The van der Waals surface area contributed by atoms with Crippen molar-refractivity contribution in [1.82, 2.24) is 5.32 Å². The minimum absolute atomic E-state index is 0.444. The lowest BCUT2D eigenvalue weighted by atomic mass is 10.1. The highest BCUT2D eigenvalue weighted by Gasteiger charge is 2.08. The maximum atomic E-state index is 6.19. The van der Waals surface area contributed by atoms with E-state index in [0.29, 0.717) is 6.04 Å². The minimum atomic E-state index is 0.444. The second-order valence-corrected chi connectivity index (χ2v) is 6.14. The van der Waals surface area contributed by atoms with Gasteiger partial charge in [-0.3, -0.25) is 0 Å². The summed E-state index contributed by atoms with van der Waals surface area (Å²) >= 11 is 7.89. The molecule has 0 aliphatic carbocycles. The molecule has 0 saturated heterocycles. The van der Waals surface area contributed by atoms with Crippen LogP contribution in [0.15, 0.2) is 58.3 Å². The number of hydrogen-bond acceptors (Lipinski definition) is 2. The van der Waals surface area contributed by atoms with Crippen molar-refractivity contribution in [2.24, 2.45) is 0 Å². The lowest BCUT2D eigenvalue weighted by Gasteiger charge is -2.16. The van der Waals surface area contributed by atoms with Crippen LogP contribution >= 0.6 is 23.4 Å². The second kappa shape index (κ2) is 7.72. The maximum absolute atomic E-state index is 6.19. The van der Waals surface area contributed by atoms with E-state index in [4.69, 9.17) is 11.6 Å². The molecule has 2 aromatic rings. The van der Waals surface area contributed by atoms with Crippen molar-refractivity contribution in [3.05, 3.63) is 59.1 Å². The Hall–Kier alpha value is -0.960. The maximum Gasteiger partial charge on any atom is 0.0545 e.